The molecule has 82 valence electrons. The van der Waals surface area contributed by atoms with Gasteiger partial charge >= 0.3 is 6.61 Å². The molecule has 1 aliphatic rings. The molecule has 0 spiro atoms. The van der Waals surface area contributed by atoms with Gasteiger partial charge in [0.2, 0.25) is 0 Å². The van der Waals surface area contributed by atoms with Crippen LogP contribution in [0.25, 0.3) is 0 Å². The second kappa shape index (κ2) is 4.55. The zero-order valence-electron chi connectivity index (χ0n) is 7.86. The Morgan fingerprint density at radius 2 is 2.00 bits per heavy atom. The van der Waals surface area contributed by atoms with E-state index in [-0.39, 0.29) is 5.75 Å². The topological polar surface area (TPSA) is 27.7 Å². The monoisotopic (exact) mass is 216 g/mol. The maximum absolute atomic E-state index is 11.9. The first-order valence-electron chi connectivity index (χ1n) is 4.54. The molecule has 0 bridgehead atoms. The van der Waals surface area contributed by atoms with Crippen molar-refractivity contribution < 1.29 is 23.0 Å². The van der Waals surface area contributed by atoms with E-state index in [1.165, 1.54) is 12.1 Å². The van der Waals surface area contributed by atoms with Gasteiger partial charge in [-0.1, -0.05) is 12.1 Å². The highest BCUT2D eigenvalue weighted by Gasteiger charge is 2.18. The molecular formula is C10H10F2O3. The number of hydrogen-bond donors (Lipinski definition) is 0. The van der Waals surface area contributed by atoms with E-state index >= 15 is 0 Å². The Hall–Kier alpha value is -1.20. The SMILES string of the molecule is FC(F)Oc1cccc(C2OCCO2)c1. The summed E-state index contributed by atoms with van der Waals surface area (Å²) in [6, 6.07) is 6.32. The molecule has 1 saturated heterocycles. The maximum atomic E-state index is 11.9. The van der Waals surface area contributed by atoms with Crippen LogP contribution in [0.4, 0.5) is 8.78 Å². The zero-order valence-corrected chi connectivity index (χ0v) is 7.86. The minimum absolute atomic E-state index is 0.113. The lowest BCUT2D eigenvalue weighted by atomic mass is 10.2. The highest BCUT2D eigenvalue weighted by molar-refractivity contribution is 5.29. The fourth-order valence-corrected chi connectivity index (χ4v) is 1.39. The van der Waals surface area contributed by atoms with Gasteiger partial charge in [0, 0.05) is 5.56 Å². The quantitative estimate of drug-likeness (QED) is 0.776. The van der Waals surface area contributed by atoms with Crippen molar-refractivity contribution in [2.75, 3.05) is 13.2 Å². The predicted octanol–water partition coefficient (Wildman–Crippen LogP) is 2.33. The van der Waals surface area contributed by atoms with E-state index in [4.69, 9.17) is 9.47 Å². The summed E-state index contributed by atoms with van der Waals surface area (Å²) in [4.78, 5) is 0. The number of halogens is 2. The van der Waals surface area contributed by atoms with E-state index in [2.05, 4.69) is 4.74 Å². The van der Waals surface area contributed by atoms with Gasteiger partial charge in [-0.15, -0.1) is 0 Å². The summed E-state index contributed by atoms with van der Waals surface area (Å²) in [7, 11) is 0. The fourth-order valence-electron chi connectivity index (χ4n) is 1.39. The second-order valence-corrected chi connectivity index (χ2v) is 3.02. The van der Waals surface area contributed by atoms with Crippen molar-refractivity contribution in [2.24, 2.45) is 0 Å². The van der Waals surface area contributed by atoms with E-state index in [0.29, 0.717) is 18.8 Å². The smallest absolute Gasteiger partial charge is 0.387 e. The van der Waals surface area contributed by atoms with Gasteiger partial charge in [0.1, 0.15) is 5.75 Å². The van der Waals surface area contributed by atoms with Gasteiger partial charge in [0.25, 0.3) is 0 Å². The van der Waals surface area contributed by atoms with E-state index in [9.17, 15) is 8.78 Å². The Kier molecular flexibility index (Phi) is 3.13. The van der Waals surface area contributed by atoms with Crippen molar-refractivity contribution in [3.63, 3.8) is 0 Å². The van der Waals surface area contributed by atoms with Crippen molar-refractivity contribution >= 4 is 0 Å². The Balaban J connectivity index is 2.11. The molecule has 0 unspecified atom stereocenters. The maximum Gasteiger partial charge on any atom is 0.387 e. The highest BCUT2D eigenvalue weighted by atomic mass is 19.3. The molecular weight excluding hydrogens is 206 g/mol. The first-order valence-corrected chi connectivity index (χ1v) is 4.54. The molecule has 0 radical (unpaired) electrons. The third-order valence-electron chi connectivity index (χ3n) is 1.98. The summed E-state index contributed by atoms with van der Waals surface area (Å²) < 4.78 is 38.6. The molecule has 0 saturated carbocycles. The van der Waals surface area contributed by atoms with Gasteiger partial charge in [-0.3, -0.25) is 0 Å². The summed E-state index contributed by atoms with van der Waals surface area (Å²) in [6.45, 7) is -1.78. The summed E-state index contributed by atoms with van der Waals surface area (Å²) in [5, 5.41) is 0. The zero-order chi connectivity index (χ0) is 10.7. The van der Waals surface area contributed by atoms with Gasteiger partial charge in [-0.05, 0) is 12.1 Å². The first kappa shape index (κ1) is 10.3. The number of alkyl halides is 2. The molecule has 0 atom stereocenters. The molecule has 3 nitrogen and oxygen atoms in total. The largest absolute Gasteiger partial charge is 0.435 e. The Morgan fingerprint density at radius 1 is 1.27 bits per heavy atom. The lowest BCUT2D eigenvalue weighted by molar-refractivity contribution is -0.0532. The molecule has 1 aromatic carbocycles. The molecule has 1 aromatic rings. The van der Waals surface area contributed by atoms with Crippen LogP contribution in [0.3, 0.4) is 0 Å². The fraction of sp³-hybridized carbons (Fsp3) is 0.400. The van der Waals surface area contributed by atoms with Gasteiger partial charge in [-0.2, -0.15) is 8.78 Å². The van der Waals surface area contributed by atoms with Crippen LogP contribution in [0.2, 0.25) is 0 Å². The third kappa shape index (κ3) is 2.64. The normalized spacial score (nSPS) is 17.3. The predicted molar refractivity (Wildman–Crippen MR) is 47.7 cm³/mol. The van der Waals surface area contributed by atoms with Crippen LogP contribution in [0.15, 0.2) is 24.3 Å². The summed E-state index contributed by atoms with van der Waals surface area (Å²) >= 11 is 0. The molecule has 15 heavy (non-hydrogen) atoms. The number of hydrogen-bond acceptors (Lipinski definition) is 3. The summed E-state index contributed by atoms with van der Waals surface area (Å²) in [5.41, 5.74) is 0.686. The van der Waals surface area contributed by atoms with Crippen molar-refractivity contribution in [2.45, 2.75) is 12.9 Å². The molecule has 0 aliphatic carbocycles. The molecule has 1 heterocycles. The van der Waals surface area contributed by atoms with Crippen molar-refractivity contribution in [1.82, 2.24) is 0 Å². The Bertz CT molecular complexity index is 324. The second-order valence-electron chi connectivity index (χ2n) is 3.02. The molecule has 2 rings (SSSR count). The van der Waals surface area contributed by atoms with Gasteiger partial charge in [0.05, 0.1) is 13.2 Å². The van der Waals surface area contributed by atoms with E-state index in [1.54, 1.807) is 12.1 Å². The lowest BCUT2D eigenvalue weighted by Crippen LogP contribution is -2.03. The van der Waals surface area contributed by atoms with Crippen LogP contribution in [-0.4, -0.2) is 19.8 Å². The third-order valence-corrected chi connectivity index (χ3v) is 1.98. The molecule has 0 N–H and O–H groups in total. The van der Waals surface area contributed by atoms with E-state index in [1.807, 2.05) is 0 Å². The summed E-state index contributed by atoms with van der Waals surface area (Å²) in [6.07, 6.45) is -0.466. The van der Waals surface area contributed by atoms with Crippen molar-refractivity contribution in [3.05, 3.63) is 29.8 Å². The minimum Gasteiger partial charge on any atom is -0.435 e. The standard InChI is InChI=1S/C10H10F2O3/c11-10(12)15-8-3-1-2-7(6-8)9-13-4-5-14-9/h1-3,6,9-10H,4-5H2. The average molecular weight is 216 g/mol. The van der Waals surface area contributed by atoms with Crippen LogP contribution in [-0.2, 0) is 9.47 Å². The van der Waals surface area contributed by atoms with Gasteiger partial charge in [0.15, 0.2) is 6.29 Å². The Labute approximate surface area is 85.6 Å². The highest BCUT2D eigenvalue weighted by Crippen LogP contribution is 2.26. The van der Waals surface area contributed by atoms with Crippen molar-refractivity contribution in [3.8, 4) is 5.75 Å². The molecule has 1 aliphatic heterocycles. The lowest BCUT2D eigenvalue weighted by Gasteiger charge is -2.11. The average Bonchev–Trinajstić information content (AvgIpc) is 2.69. The van der Waals surface area contributed by atoms with Crippen LogP contribution in [0.5, 0.6) is 5.75 Å². The molecule has 5 heteroatoms. The molecule has 1 fully saturated rings. The number of benzene rings is 1. The van der Waals surface area contributed by atoms with E-state index < -0.39 is 12.9 Å². The molecule has 0 aromatic heterocycles. The first-order chi connectivity index (χ1) is 7.25. The van der Waals surface area contributed by atoms with E-state index in [0.717, 1.165) is 0 Å². The van der Waals surface area contributed by atoms with Crippen LogP contribution in [0, 0.1) is 0 Å². The molecule has 0 amide bonds. The minimum atomic E-state index is -2.81. The van der Waals surface area contributed by atoms with Gasteiger partial charge < -0.3 is 14.2 Å². The summed E-state index contributed by atoms with van der Waals surface area (Å²) in [5.74, 6) is 0.113. The number of ether oxygens (including phenoxy) is 3. The van der Waals surface area contributed by atoms with Crippen LogP contribution >= 0.6 is 0 Å². The Morgan fingerprint density at radius 3 is 2.67 bits per heavy atom. The van der Waals surface area contributed by atoms with Crippen LogP contribution < -0.4 is 4.74 Å². The number of rotatable bonds is 3. The van der Waals surface area contributed by atoms with Gasteiger partial charge in [-0.25, -0.2) is 0 Å². The van der Waals surface area contributed by atoms with Crippen molar-refractivity contribution in [1.29, 1.82) is 0 Å². The van der Waals surface area contributed by atoms with Crippen LogP contribution in [0.1, 0.15) is 11.9 Å².